The van der Waals surface area contributed by atoms with E-state index in [4.69, 9.17) is 14.2 Å². The first-order valence-corrected chi connectivity index (χ1v) is 15.5. The van der Waals surface area contributed by atoms with Gasteiger partial charge in [0.15, 0.2) is 11.5 Å². The lowest BCUT2D eigenvalue weighted by molar-refractivity contribution is -0.161. The smallest absolute Gasteiger partial charge is 0.242 e. The summed E-state index contributed by atoms with van der Waals surface area (Å²) in [5.74, 6) is 3.56. The highest BCUT2D eigenvalue weighted by atomic mass is 32.1. The molecule has 1 aromatic carbocycles. The SMILES string of the molecule is COCCN(CC(=O)N(CCc1ccc(OC)c(OC)c1)Cc1ccc(C)s1)C(=O)C12CC3CC(CC(C3)C1)C2. The van der Waals surface area contributed by atoms with E-state index < -0.39 is 0 Å². The van der Waals surface area contributed by atoms with Crippen LogP contribution in [0.25, 0.3) is 0 Å². The van der Waals surface area contributed by atoms with Gasteiger partial charge in [0.05, 0.1) is 39.3 Å². The molecule has 4 bridgehead atoms. The van der Waals surface area contributed by atoms with Gasteiger partial charge in [0.2, 0.25) is 11.8 Å². The van der Waals surface area contributed by atoms with Crippen molar-refractivity contribution in [2.24, 2.45) is 23.2 Å². The van der Waals surface area contributed by atoms with Crippen LogP contribution >= 0.6 is 11.3 Å². The van der Waals surface area contributed by atoms with Crippen molar-refractivity contribution in [3.05, 3.63) is 45.6 Å². The van der Waals surface area contributed by atoms with Crippen LogP contribution in [0.15, 0.2) is 30.3 Å². The van der Waals surface area contributed by atoms with Crippen molar-refractivity contribution in [2.45, 2.75) is 58.4 Å². The number of carbonyl (C=O) groups is 2. The number of carbonyl (C=O) groups excluding carboxylic acids is 2. The molecule has 0 spiro atoms. The second-order valence-electron chi connectivity index (χ2n) is 12.2. The number of nitrogens with zero attached hydrogens (tertiary/aromatic N) is 2. The summed E-state index contributed by atoms with van der Waals surface area (Å²) >= 11 is 1.71. The lowest BCUT2D eigenvalue weighted by Crippen LogP contribution is -2.56. The maximum absolute atomic E-state index is 14.2. The molecule has 6 rings (SSSR count). The molecule has 0 radical (unpaired) electrons. The van der Waals surface area contributed by atoms with E-state index in [-0.39, 0.29) is 23.8 Å². The van der Waals surface area contributed by atoms with Crippen LogP contribution < -0.4 is 9.47 Å². The van der Waals surface area contributed by atoms with E-state index in [1.165, 1.54) is 24.1 Å². The number of thiophene rings is 1. The van der Waals surface area contributed by atoms with Crippen molar-refractivity contribution in [3.8, 4) is 11.5 Å². The van der Waals surface area contributed by atoms with Crippen molar-refractivity contribution in [1.29, 1.82) is 0 Å². The highest BCUT2D eigenvalue weighted by Gasteiger charge is 2.55. The first-order chi connectivity index (χ1) is 19.3. The van der Waals surface area contributed by atoms with E-state index in [1.807, 2.05) is 28.0 Å². The zero-order valence-electron chi connectivity index (χ0n) is 24.4. The molecule has 0 aliphatic heterocycles. The van der Waals surface area contributed by atoms with Gasteiger partial charge in [-0.1, -0.05) is 6.07 Å². The van der Waals surface area contributed by atoms with Gasteiger partial charge in [-0.25, -0.2) is 0 Å². The third kappa shape index (κ3) is 6.33. The van der Waals surface area contributed by atoms with Crippen molar-refractivity contribution in [3.63, 3.8) is 0 Å². The molecule has 2 amide bonds. The molecule has 0 N–H and O–H groups in total. The van der Waals surface area contributed by atoms with Crippen LogP contribution in [0.5, 0.6) is 11.5 Å². The van der Waals surface area contributed by atoms with Crippen LogP contribution in [-0.2, 0) is 27.3 Å². The fraction of sp³-hybridized carbons (Fsp3) is 0.625. The summed E-state index contributed by atoms with van der Waals surface area (Å²) in [6, 6.07) is 10.1. The highest BCUT2D eigenvalue weighted by Crippen LogP contribution is 2.60. The molecule has 1 heterocycles. The molecule has 1 aromatic heterocycles. The minimum atomic E-state index is -0.280. The Bertz CT molecular complexity index is 1160. The minimum Gasteiger partial charge on any atom is -0.493 e. The number of rotatable bonds is 13. The number of hydrogen-bond donors (Lipinski definition) is 0. The fourth-order valence-corrected chi connectivity index (χ4v) is 8.68. The van der Waals surface area contributed by atoms with Crippen LogP contribution in [0.1, 0.15) is 53.8 Å². The minimum absolute atomic E-state index is 0.0132. The van der Waals surface area contributed by atoms with E-state index in [0.29, 0.717) is 61.9 Å². The normalized spacial score (nSPS) is 24.6. The second-order valence-corrected chi connectivity index (χ2v) is 13.6. The highest BCUT2D eigenvalue weighted by molar-refractivity contribution is 7.11. The topological polar surface area (TPSA) is 68.3 Å². The second kappa shape index (κ2) is 12.5. The van der Waals surface area contributed by atoms with E-state index >= 15 is 0 Å². The molecule has 2 aromatic rings. The Morgan fingerprint density at radius 1 is 0.900 bits per heavy atom. The third-order valence-electron chi connectivity index (χ3n) is 9.28. The van der Waals surface area contributed by atoms with Gasteiger partial charge in [-0.3, -0.25) is 9.59 Å². The average molecular weight is 569 g/mol. The molecule has 4 fully saturated rings. The summed E-state index contributed by atoms with van der Waals surface area (Å²) in [5, 5.41) is 0. The van der Waals surface area contributed by atoms with Crippen LogP contribution in [0, 0.1) is 30.1 Å². The summed E-state index contributed by atoms with van der Waals surface area (Å²) in [6.07, 6.45) is 7.51. The molecule has 4 aliphatic carbocycles. The number of benzene rings is 1. The van der Waals surface area contributed by atoms with Crippen LogP contribution in [-0.4, -0.2) is 69.2 Å². The number of aryl methyl sites for hydroxylation is 1. The van der Waals surface area contributed by atoms with Gasteiger partial charge in [0.25, 0.3) is 0 Å². The molecular weight excluding hydrogens is 524 g/mol. The first kappa shape index (κ1) is 28.9. The lowest BCUT2D eigenvalue weighted by atomic mass is 9.49. The Labute approximate surface area is 242 Å². The van der Waals surface area contributed by atoms with Gasteiger partial charge in [-0.2, -0.15) is 0 Å². The summed E-state index contributed by atoms with van der Waals surface area (Å²) in [7, 11) is 4.91. The number of hydrogen-bond acceptors (Lipinski definition) is 6. The average Bonchev–Trinajstić information content (AvgIpc) is 3.36. The summed E-state index contributed by atoms with van der Waals surface area (Å²) in [4.78, 5) is 34.3. The number of ether oxygens (including phenoxy) is 3. The molecule has 8 heteroatoms. The van der Waals surface area contributed by atoms with Crippen molar-refractivity contribution >= 4 is 23.2 Å². The lowest BCUT2D eigenvalue weighted by Gasteiger charge is -2.56. The third-order valence-corrected chi connectivity index (χ3v) is 10.3. The maximum atomic E-state index is 14.2. The number of amides is 2. The van der Waals surface area contributed by atoms with E-state index in [1.54, 1.807) is 32.7 Å². The first-order valence-electron chi connectivity index (χ1n) is 14.6. The molecule has 0 saturated heterocycles. The van der Waals surface area contributed by atoms with Crippen LogP contribution in [0.4, 0.5) is 0 Å². The van der Waals surface area contributed by atoms with Gasteiger partial charge >= 0.3 is 0 Å². The van der Waals surface area contributed by atoms with Gasteiger partial charge < -0.3 is 24.0 Å². The Hall–Kier alpha value is -2.58. The molecule has 218 valence electrons. The van der Waals surface area contributed by atoms with Gasteiger partial charge in [0.1, 0.15) is 0 Å². The summed E-state index contributed by atoms with van der Waals surface area (Å²) < 4.78 is 16.3. The largest absolute Gasteiger partial charge is 0.493 e. The van der Waals surface area contributed by atoms with Crippen molar-refractivity contribution in [1.82, 2.24) is 9.80 Å². The van der Waals surface area contributed by atoms with Gasteiger partial charge in [-0.05, 0) is 99.5 Å². The molecule has 0 unspecified atom stereocenters. The molecule has 4 saturated carbocycles. The molecular formula is C32H44N2O5S. The van der Waals surface area contributed by atoms with E-state index in [2.05, 4.69) is 19.1 Å². The predicted molar refractivity (Wildman–Crippen MR) is 157 cm³/mol. The maximum Gasteiger partial charge on any atom is 0.242 e. The van der Waals surface area contributed by atoms with Crippen molar-refractivity contribution in [2.75, 3.05) is 47.6 Å². The summed E-state index contributed by atoms with van der Waals surface area (Å²) in [5.41, 5.74) is 0.789. The van der Waals surface area contributed by atoms with Crippen molar-refractivity contribution < 1.29 is 23.8 Å². The molecule has 7 nitrogen and oxygen atoms in total. The standard InChI is InChI=1S/C32H44N2O5S/c1-22-5-7-27(40-22)20-33(10-9-23-6-8-28(38-3)29(16-23)39-4)30(35)21-34(11-12-37-2)31(36)32-17-24-13-25(18-32)15-26(14-24)19-32/h5-8,16,24-26H,9-15,17-21H2,1-4H3. The van der Waals surface area contributed by atoms with Crippen LogP contribution in [0.2, 0.25) is 0 Å². The van der Waals surface area contributed by atoms with Gasteiger partial charge in [0, 0.05) is 30.0 Å². The fourth-order valence-electron chi connectivity index (χ4n) is 7.78. The summed E-state index contributed by atoms with van der Waals surface area (Å²) in [6.45, 7) is 4.15. The monoisotopic (exact) mass is 568 g/mol. The van der Waals surface area contributed by atoms with Gasteiger partial charge in [-0.15, -0.1) is 11.3 Å². The number of methoxy groups -OCH3 is 3. The quantitative estimate of drug-likeness (QED) is 0.327. The zero-order valence-corrected chi connectivity index (χ0v) is 25.3. The molecule has 40 heavy (non-hydrogen) atoms. The van der Waals surface area contributed by atoms with Crippen LogP contribution in [0.3, 0.4) is 0 Å². The Morgan fingerprint density at radius 2 is 1.57 bits per heavy atom. The molecule has 0 atom stereocenters. The zero-order chi connectivity index (χ0) is 28.3. The van der Waals surface area contributed by atoms with E-state index in [9.17, 15) is 9.59 Å². The molecule has 4 aliphatic rings. The predicted octanol–water partition coefficient (Wildman–Crippen LogP) is 5.34. The van der Waals surface area contributed by atoms with E-state index in [0.717, 1.165) is 29.7 Å². The Morgan fingerprint density at radius 3 is 2.15 bits per heavy atom. The Kier molecular flexibility index (Phi) is 9.05. The Balaban J connectivity index is 1.32.